The van der Waals surface area contributed by atoms with Gasteiger partial charge in [-0.1, -0.05) is 32.4 Å². The summed E-state index contributed by atoms with van der Waals surface area (Å²) < 4.78 is 0. The second-order valence-electron chi connectivity index (χ2n) is 5.96. The van der Waals surface area contributed by atoms with E-state index >= 15 is 0 Å². The molecule has 1 fully saturated rings. The molecule has 1 aromatic carbocycles. The molecule has 18 heavy (non-hydrogen) atoms. The quantitative estimate of drug-likeness (QED) is 0.785. The molecule has 2 aromatic rings. The molecule has 0 bridgehead atoms. The number of hydrogen-bond acceptors (Lipinski definition) is 1. The average molecular weight is 243 g/mol. The summed E-state index contributed by atoms with van der Waals surface area (Å²) in [5.41, 5.74) is 1.55. The number of hydrogen-bond donors (Lipinski definition) is 2. The van der Waals surface area contributed by atoms with Crippen LogP contribution < -0.4 is 0 Å². The molecule has 1 heterocycles. The maximum absolute atomic E-state index is 11.2. The van der Waals surface area contributed by atoms with E-state index in [1.165, 1.54) is 11.8 Å². The van der Waals surface area contributed by atoms with Gasteiger partial charge in [0.2, 0.25) is 0 Å². The van der Waals surface area contributed by atoms with Crippen molar-refractivity contribution in [3.05, 3.63) is 36.0 Å². The van der Waals surface area contributed by atoms with Crippen LogP contribution in [0.5, 0.6) is 0 Å². The van der Waals surface area contributed by atoms with Crippen molar-refractivity contribution in [2.24, 2.45) is 11.8 Å². The largest absolute Gasteiger partial charge is 0.385 e. The number of rotatable bonds is 1. The summed E-state index contributed by atoms with van der Waals surface area (Å²) in [5, 5.41) is 12.4. The van der Waals surface area contributed by atoms with Crippen LogP contribution >= 0.6 is 0 Å². The fraction of sp³-hybridized carbons (Fsp3) is 0.500. The van der Waals surface area contributed by atoms with E-state index in [0.29, 0.717) is 11.8 Å². The highest BCUT2D eigenvalue weighted by Gasteiger charge is 2.41. The lowest BCUT2D eigenvalue weighted by molar-refractivity contribution is -0.0615. The van der Waals surface area contributed by atoms with Gasteiger partial charge >= 0.3 is 0 Å². The number of fused-ring (bicyclic) bond motifs is 1. The van der Waals surface area contributed by atoms with Crippen molar-refractivity contribution in [1.82, 2.24) is 4.98 Å². The molecule has 3 unspecified atom stereocenters. The second kappa shape index (κ2) is 4.13. The van der Waals surface area contributed by atoms with E-state index in [1.807, 2.05) is 12.3 Å². The van der Waals surface area contributed by atoms with E-state index in [2.05, 4.69) is 37.0 Å². The highest BCUT2D eigenvalue weighted by molar-refractivity contribution is 5.83. The summed E-state index contributed by atoms with van der Waals surface area (Å²) in [6.07, 6.45) is 5.16. The molecule has 1 saturated carbocycles. The van der Waals surface area contributed by atoms with Crippen LogP contribution in [0.3, 0.4) is 0 Å². The highest BCUT2D eigenvalue weighted by atomic mass is 16.3. The molecular weight excluding hydrogens is 222 g/mol. The number of nitrogens with one attached hydrogen (secondary N) is 1. The predicted molar refractivity (Wildman–Crippen MR) is 74.4 cm³/mol. The zero-order valence-electron chi connectivity index (χ0n) is 11.1. The van der Waals surface area contributed by atoms with E-state index in [-0.39, 0.29) is 0 Å². The van der Waals surface area contributed by atoms with Crippen molar-refractivity contribution in [3.63, 3.8) is 0 Å². The third kappa shape index (κ3) is 1.67. The Morgan fingerprint density at radius 1 is 1.22 bits per heavy atom. The van der Waals surface area contributed by atoms with Crippen LogP contribution in [0.1, 0.15) is 38.7 Å². The lowest BCUT2D eigenvalue weighted by atomic mass is 9.68. The SMILES string of the molecule is CC1CCC(C)C(O)(c2cccc3[nH]ccc23)C1. The Bertz CT molecular complexity index is 559. The Hall–Kier alpha value is -1.28. The minimum Gasteiger partial charge on any atom is -0.385 e. The van der Waals surface area contributed by atoms with Gasteiger partial charge < -0.3 is 10.1 Å². The number of aliphatic hydroxyl groups is 1. The van der Waals surface area contributed by atoms with Crippen molar-refractivity contribution in [2.75, 3.05) is 0 Å². The molecule has 1 aromatic heterocycles. The van der Waals surface area contributed by atoms with Crippen LogP contribution in [-0.2, 0) is 5.60 Å². The molecule has 2 N–H and O–H groups in total. The van der Waals surface area contributed by atoms with Gasteiger partial charge in [0, 0.05) is 17.1 Å². The first kappa shape index (κ1) is 11.8. The molecule has 3 rings (SSSR count). The van der Waals surface area contributed by atoms with E-state index in [1.54, 1.807) is 0 Å². The van der Waals surface area contributed by atoms with Crippen LogP contribution in [0.2, 0.25) is 0 Å². The molecule has 0 radical (unpaired) electrons. The summed E-state index contributed by atoms with van der Waals surface area (Å²) in [4.78, 5) is 3.23. The Kier molecular flexibility index (Phi) is 2.70. The summed E-state index contributed by atoms with van der Waals surface area (Å²) >= 11 is 0. The van der Waals surface area contributed by atoms with Gasteiger partial charge in [-0.05, 0) is 42.4 Å². The van der Waals surface area contributed by atoms with Crippen molar-refractivity contribution in [1.29, 1.82) is 0 Å². The zero-order valence-corrected chi connectivity index (χ0v) is 11.1. The third-order valence-corrected chi connectivity index (χ3v) is 4.63. The summed E-state index contributed by atoms with van der Waals surface area (Å²) in [6.45, 7) is 4.42. The minimum atomic E-state index is -0.667. The Morgan fingerprint density at radius 2 is 2.06 bits per heavy atom. The second-order valence-corrected chi connectivity index (χ2v) is 5.96. The van der Waals surface area contributed by atoms with Gasteiger partial charge in [-0.2, -0.15) is 0 Å². The number of H-pyrrole nitrogens is 1. The Balaban J connectivity index is 2.14. The molecular formula is C16H21NO. The number of aromatic amines is 1. The fourth-order valence-electron chi connectivity index (χ4n) is 3.45. The molecule has 0 aliphatic heterocycles. The van der Waals surface area contributed by atoms with Gasteiger partial charge in [-0.15, -0.1) is 0 Å². The summed E-state index contributed by atoms with van der Waals surface area (Å²) in [7, 11) is 0. The molecule has 0 spiro atoms. The van der Waals surface area contributed by atoms with E-state index in [9.17, 15) is 5.11 Å². The van der Waals surface area contributed by atoms with Gasteiger partial charge in [-0.25, -0.2) is 0 Å². The highest BCUT2D eigenvalue weighted by Crippen LogP contribution is 2.45. The Morgan fingerprint density at radius 3 is 2.89 bits per heavy atom. The monoisotopic (exact) mass is 243 g/mol. The smallest absolute Gasteiger partial charge is 0.0931 e. The molecule has 1 aliphatic rings. The molecule has 96 valence electrons. The first-order valence-corrected chi connectivity index (χ1v) is 6.90. The van der Waals surface area contributed by atoms with Crippen LogP contribution in [-0.4, -0.2) is 10.1 Å². The average Bonchev–Trinajstić information content (AvgIpc) is 2.82. The molecule has 2 heteroatoms. The number of aromatic nitrogens is 1. The van der Waals surface area contributed by atoms with Crippen LogP contribution in [0.4, 0.5) is 0 Å². The topological polar surface area (TPSA) is 36.0 Å². The summed E-state index contributed by atoms with van der Waals surface area (Å²) in [5.74, 6) is 0.926. The van der Waals surface area contributed by atoms with Crippen molar-refractivity contribution in [2.45, 2.75) is 38.7 Å². The molecule has 0 amide bonds. The van der Waals surface area contributed by atoms with Crippen molar-refractivity contribution < 1.29 is 5.11 Å². The molecule has 0 saturated heterocycles. The lowest BCUT2D eigenvalue weighted by Crippen LogP contribution is -2.39. The van der Waals surface area contributed by atoms with E-state index in [4.69, 9.17) is 0 Å². The first-order chi connectivity index (χ1) is 8.61. The van der Waals surface area contributed by atoms with Crippen LogP contribution in [0.15, 0.2) is 30.5 Å². The van der Waals surface area contributed by atoms with Gasteiger partial charge in [0.15, 0.2) is 0 Å². The molecule has 3 atom stereocenters. The lowest BCUT2D eigenvalue weighted by Gasteiger charge is -2.41. The maximum Gasteiger partial charge on any atom is 0.0931 e. The normalized spacial score (nSPS) is 32.8. The van der Waals surface area contributed by atoms with Gasteiger partial charge in [0.25, 0.3) is 0 Å². The zero-order chi connectivity index (χ0) is 12.8. The first-order valence-electron chi connectivity index (χ1n) is 6.90. The van der Waals surface area contributed by atoms with Crippen molar-refractivity contribution >= 4 is 10.9 Å². The van der Waals surface area contributed by atoms with E-state index in [0.717, 1.165) is 23.9 Å². The maximum atomic E-state index is 11.2. The predicted octanol–water partition coefficient (Wildman–Crippen LogP) is 3.81. The standard InChI is InChI=1S/C16H21NO/c1-11-6-7-12(2)16(18,10-11)14-4-3-5-15-13(14)8-9-17-15/h3-5,8-9,11-12,17-18H,6-7,10H2,1-2H3. The third-order valence-electron chi connectivity index (χ3n) is 4.63. The fourth-order valence-corrected chi connectivity index (χ4v) is 3.45. The minimum absolute atomic E-state index is 0.328. The van der Waals surface area contributed by atoms with Gasteiger partial charge in [0.1, 0.15) is 0 Å². The molecule has 1 aliphatic carbocycles. The van der Waals surface area contributed by atoms with Gasteiger partial charge in [-0.3, -0.25) is 0 Å². The van der Waals surface area contributed by atoms with Crippen LogP contribution in [0.25, 0.3) is 10.9 Å². The number of benzene rings is 1. The Labute approximate surface area is 108 Å². The van der Waals surface area contributed by atoms with Crippen molar-refractivity contribution in [3.8, 4) is 0 Å². The molecule has 2 nitrogen and oxygen atoms in total. The van der Waals surface area contributed by atoms with Crippen LogP contribution in [0, 0.1) is 11.8 Å². The van der Waals surface area contributed by atoms with Gasteiger partial charge in [0.05, 0.1) is 5.60 Å². The van der Waals surface area contributed by atoms with E-state index < -0.39 is 5.60 Å². The summed E-state index contributed by atoms with van der Waals surface area (Å²) in [6, 6.07) is 8.27.